The van der Waals surface area contributed by atoms with Crippen molar-refractivity contribution in [2.75, 3.05) is 25.5 Å². The SMILES string of the molecule is Cc1nc2ccccc2n1CCNC(=O)c1cc([N+](=O)[O-])ccc1N(C)C. The molecule has 1 aromatic heterocycles. The number of amides is 1. The lowest BCUT2D eigenvalue weighted by molar-refractivity contribution is -0.384. The third-order valence-corrected chi connectivity index (χ3v) is 4.38. The van der Waals surface area contributed by atoms with E-state index in [2.05, 4.69) is 10.3 Å². The van der Waals surface area contributed by atoms with Gasteiger partial charge in [0.2, 0.25) is 0 Å². The molecule has 140 valence electrons. The molecule has 0 aliphatic carbocycles. The Morgan fingerprint density at radius 1 is 1.26 bits per heavy atom. The first-order valence-corrected chi connectivity index (χ1v) is 8.54. The summed E-state index contributed by atoms with van der Waals surface area (Å²) in [6, 6.07) is 12.1. The first-order valence-electron chi connectivity index (χ1n) is 8.54. The van der Waals surface area contributed by atoms with Crippen molar-refractivity contribution >= 4 is 28.3 Å². The highest BCUT2D eigenvalue weighted by atomic mass is 16.6. The van der Waals surface area contributed by atoms with E-state index >= 15 is 0 Å². The molecule has 1 heterocycles. The van der Waals surface area contributed by atoms with Crippen molar-refractivity contribution in [3.63, 3.8) is 0 Å². The molecule has 3 rings (SSSR count). The van der Waals surface area contributed by atoms with Crippen LogP contribution in [0.25, 0.3) is 11.0 Å². The highest BCUT2D eigenvalue weighted by Crippen LogP contribution is 2.24. The zero-order valence-corrected chi connectivity index (χ0v) is 15.5. The molecule has 0 saturated carbocycles. The molecule has 0 aliphatic heterocycles. The number of rotatable bonds is 6. The Labute approximate surface area is 156 Å². The Kier molecular flexibility index (Phi) is 5.07. The summed E-state index contributed by atoms with van der Waals surface area (Å²) in [4.78, 5) is 29.4. The van der Waals surface area contributed by atoms with E-state index in [4.69, 9.17) is 0 Å². The van der Waals surface area contributed by atoms with Crippen LogP contribution in [-0.2, 0) is 6.54 Å². The highest BCUT2D eigenvalue weighted by molar-refractivity contribution is 6.00. The molecule has 0 fully saturated rings. The second-order valence-corrected chi connectivity index (χ2v) is 6.41. The van der Waals surface area contributed by atoms with Gasteiger partial charge in [0, 0.05) is 45.0 Å². The fourth-order valence-corrected chi connectivity index (χ4v) is 3.06. The van der Waals surface area contributed by atoms with Crippen molar-refractivity contribution in [2.24, 2.45) is 0 Å². The summed E-state index contributed by atoms with van der Waals surface area (Å²) in [6.07, 6.45) is 0. The number of nitro benzene ring substituents is 1. The van der Waals surface area contributed by atoms with Crippen molar-refractivity contribution in [3.05, 3.63) is 64.0 Å². The molecule has 3 aromatic rings. The molecule has 2 aromatic carbocycles. The maximum absolute atomic E-state index is 12.6. The van der Waals surface area contributed by atoms with Gasteiger partial charge >= 0.3 is 0 Å². The molecule has 27 heavy (non-hydrogen) atoms. The second-order valence-electron chi connectivity index (χ2n) is 6.41. The van der Waals surface area contributed by atoms with E-state index in [-0.39, 0.29) is 17.2 Å². The smallest absolute Gasteiger partial charge is 0.270 e. The minimum Gasteiger partial charge on any atom is -0.377 e. The minimum atomic E-state index is -0.503. The van der Waals surface area contributed by atoms with Crippen LogP contribution < -0.4 is 10.2 Å². The van der Waals surface area contributed by atoms with E-state index in [1.54, 1.807) is 25.1 Å². The minimum absolute atomic E-state index is 0.109. The van der Waals surface area contributed by atoms with Crippen LogP contribution in [0.5, 0.6) is 0 Å². The fourth-order valence-electron chi connectivity index (χ4n) is 3.06. The number of imidazole rings is 1. The first-order chi connectivity index (χ1) is 12.9. The van der Waals surface area contributed by atoms with Gasteiger partial charge in [-0.2, -0.15) is 0 Å². The predicted octanol–water partition coefficient (Wildman–Crippen LogP) is 2.75. The molecule has 0 unspecified atom stereocenters. The molecule has 0 radical (unpaired) electrons. The molecule has 0 atom stereocenters. The number of nitrogens with one attached hydrogen (secondary N) is 1. The molecule has 0 bridgehead atoms. The quantitative estimate of drug-likeness (QED) is 0.534. The summed E-state index contributed by atoms with van der Waals surface area (Å²) >= 11 is 0. The lowest BCUT2D eigenvalue weighted by Crippen LogP contribution is -2.29. The number of aromatic nitrogens is 2. The number of hydrogen-bond donors (Lipinski definition) is 1. The lowest BCUT2D eigenvalue weighted by Gasteiger charge is -2.17. The van der Waals surface area contributed by atoms with Gasteiger partial charge in [-0.25, -0.2) is 4.98 Å². The third-order valence-electron chi connectivity index (χ3n) is 4.38. The third kappa shape index (κ3) is 3.74. The maximum Gasteiger partial charge on any atom is 0.270 e. The number of carbonyl (C=O) groups excluding carboxylic acids is 1. The monoisotopic (exact) mass is 367 g/mol. The fraction of sp³-hybridized carbons (Fsp3) is 0.263. The van der Waals surface area contributed by atoms with Gasteiger partial charge in [-0.3, -0.25) is 14.9 Å². The summed E-state index contributed by atoms with van der Waals surface area (Å²) in [5, 5.41) is 13.9. The predicted molar refractivity (Wildman–Crippen MR) is 104 cm³/mol. The van der Waals surface area contributed by atoms with Crippen LogP contribution in [-0.4, -0.2) is 41.0 Å². The van der Waals surface area contributed by atoms with Crippen molar-refractivity contribution < 1.29 is 9.72 Å². The topological polar surface area (TPSA) is 93.3 Å². The zero-order valence-electron chi connectivity index (χ0n) is 15.5. The van der Waals surface area contributed by atoms with Crippen LogP contribution in [0.2, 0.25) is 0 Å². The molecule has 0 spiro atoms. The summed E-state index contributed by atoms with van der Waals surface area (Å²) in [5.41, 5.74) is 2.72. The molecule has 1 N–H and O–H groups in total. The van der Waals surface area contributed by atoms with Gasteiger partial charge < -0.3 is 14.8 Å². The Balaban J connectivity index is 1.77. The second kappa shape index (κ2) is 7.45. The van der Waals surface area contributed by atoms with Crippen molar-refractivity contribution in [2.45, 2.75) is 13.5 Å². The standard InChI is InChI=1S/C19H21N5O3/c1-13-21-16-6-4-5-7-18(16)23(13)11-10-20-19(25)15-12-14(24(26)27)8-9-17(15)22(2)3/h4-9,12H,10-11H2,1-3H3,(H,20,25). The summed E-state index contributed by atoms with van der Waals surface area (Å²) in [7, 11) is 3.58. The molecule has 8 nitrogen and oxygen atoms in total. The Hall–Kier alpha value is -3.42. The molecular formula is C19H21N5O3. The zero-order chi connectivity index (χ0) is 19.6. The number of nitro groups is 1. The highest BCUT2D eigenvalue weighted by Gasteiger charge is 2.18. The Morgan fingerprint density at radius 3 is 2.70 bits per heavy atom. The number of fused-ring (bicyclic) bond motifs is 1. The van der Waals surface area contributed by atoms with Gasteiger partial charge in [0.1, 0.15) is 5.82 Å². The van der Waals surface area contributed by atoms with Crippen LogP contribution in [0.3, 0.4) is 0 Å². The van der Waals surface area contributed by atoms with Crippen LogP contribution in [0, 0.1) is 17.0 Å². The first kappa shape index (κ1) is 18.4. The van der Waals surface area contributed by atoms with Gasteiger partial charge in [0.15, 0.2) is 0 Å². The summed E-state index contributed by atoms with van der Waals surface area (Å²) in [6.45, 7) is 2.87. The van der Waals surface area contributed by atoms with E-state index in [9.17, 15) is 14.9 Å². The van der Waals surface area contributed by atoms with Crippen LogP contribution in [0.15, 0.2) is 42.5 Å². The van der Waals surface area contributed by atoms with E-state index in [0.717, 1.165) is 16.9 Å². The Bertz CT molecular complexity index is 1010. The molecular weight excluding hydrogens is 346 g/mol. The summed E-state index contributed by atoms with van der Waals surface area (Å²) < 4.78 is 2.04. The van der Waals surface area contributed by atoms with E-state index in [0.29, 0.717) is 18.8 Å². The average molecular weight is 367 g/mol. The number of benzene rings is 2. The van der Waals surface area contributed by atoms with Crippen molar-refractivity contribution in [1.82, 2.24) is 14.9 Å². The van der Waals surface area contributed by atoms with Crippen LogP contribution in [0.4, 0.5) is 11.4 Å². The molecule has 1 amide bonds. The number of aryl methyl sites for hydroxylation is 1. The molecule has 8 heteroatoms. The number of hydrogen-bond acceptors (Lipinski definition) is 5. The lowest BCUT2D eigenvalue weighted by atomic mass is 10.1. The van der Waals surface area contributed by atoms with E-state index in [1.165, 1.54) is 12.1 Å². The normalized spacial score (nSPS) is 10.8. The van der Waals surface area contributed by atoms with Crippen molar-refractivity contribution in [3.8, 4) is 0 Å². The Morgan fingerprint density at radius 2 is 2.00 bits per heavy atom. The van der Waals surface area contributed by atoms with Crippen LogP contribution >= 0.6 is 0 Å². The molecule has 0 aliphatic rings. The van der Waals surface area contributed by atoms with Gasteiger partial charge in [0.05, 0.1) is 21.5 Å². The number of nitrogens with zero attached hydrogens (tertiary/aromatic N) is 4. The van der Waals surface area contributed by atoms with Gasteiger partial charge in [0.25, 0.3) is 11.6 Å². The van der Waals surface area contributed by atoms with Gasteiger partial charge in [-0.05, 0) is 25.1 Å². The van der Waals surface area contributed by atoms with E-state index < -0.39 is 4.92 Å². The average Bonchev–Trinajstić information content (AvgIpc) is 2.96. The van der Waals surface area contributed by atoms with E-state index in [1.807, 2.05) is 35.8 Å². The van der Waals surface area contributed by atoms with Crippen LogP contribution in [0.1, 0.15) is 16.2 Å². The number of non-ortho nitro benzene ring substituents is 1. The molecule has 0 saturated heterocycles. The van der Waals surface area contributed by atoms with Gasteiger partial charge in [-0.15, -0.1) is 0 Å². The number of para-hydroxylation sites is 2. The van der Waals surface area contributed by atoms with Crippen molar-refractivity contribution in [1.29, 1.82) is 0 Å². The number of anilines is 1. The van der Waals surface area contributed by atoms with Gasteiger partial charge in [-0.1, -0.05) is 12.1 Å². The maximum atomic E-state index is 12.6. The summed E-state index contributed by atoms with van der Waals surface area (Å²) in [5.74, 6) is 0.527. The largest absolute Gasteiger partial charge is 0.377 e. The number of carbonyl (C=O) groups is 1.